The second-order valence-electron chi connectivity index (χ2n) is 4.60. The maximum atomic E-state index is 6.27. The van der Waals surface area contributed by atoms with Crippen LogP contribution in [0.5, 0.6) is 0 Å². The zero-order chi connectivity index (χ0) is 13.4. The first-order chi connectivity index (χ1) is 9.15. The van der Waals surface area contributed by atoms with Crippen molar-refractivity contribution in [2.45, 2.75) is 12.8 Å². The molecule has 0 aliphatic rings. The van der Waals surface area contributed by atoms with Gasteiger partial charge in [0.05, 0.1) is 11.7 Å². The zero-order valence-electron chi connectivity index (χ0n) is 10.3. The number of fused-ring (bicyclic) bond motifs is 1. The van der Waals surface area contributed by atoms with Gasteiger partial charge in [-0.3, -0.25) is 5.10 Å². The van der Waals surface area contributed by atoms with E-state index in [-0.39, 0.29) is 5.92 Å². The topological polar surface area (TPSA) is 28.7 Å². The van der Waals surface area contributed by atoms with E-state index in [1.807, 2.05) is 18.3 Å². The van der Waals surface area contributed by atoms with Crippen molar-refractivity contribution in [3.8, 4) is 0 Å². The fourth-order valence-corrected chi connectivity index (χ4v) is 2.83. The van der Waals surface area contributed by atoms with Gasteiger partial charge in [0.15, 0.2) is 0 Å². The quantitative estimate of drug-likeness (QED) is 0.705. The van der Waals surface area contributed by atoms with Gasteiger partial charge >= 0.3 is 0 Å². The Kier molecular flexibility index (Phi) is 3.21. The van der Waals surface area contributed by atoms with Gasteiger partial charge in [-0.1, -0.05) is 48.3 Å². The minimum absolute atomic E-state index is 0.206. The Balaban J connectivity index is 2.04. The molecule has 0 spiro atoms. The van der Waals surface area contributed by atoms with Gasteiger partial charge in [-0.25, -0.2) is 0 Å². The lowest BCUT2D eigenvalue weighted by Crippen LogP contribution is -1.97. The summed E-state index contributed by atoms with van der Waals surface area (Å²) in [5.74, 6) is 0.206. The monoisotopic (exact) mass is 290 g/mol. The van der Waals surface area contributed by atoms with Crippen LogP contribution in [0.25, 0.3) is 10.9 Å². The average Bonchev–Trinajstić information content (AvgIpc) is 2.85. The van der Waals surface area contributed by atoms with Gasteiger partial charge in [0.2, 0.25) is 0 Å². The molecule has 1 N–H and O–H groups in total. The normalized spacial score (nSPS) is 12.8. The second-order valence-corrected chi connectivity index (χ2v) is 5.45. The van der Waals surface area contributed by atoms with Crippen LogP contribution >= 0.6 is 23.2 Å². The standard InChI is InChI=1S/C15H12Cl2N2/c1-9(13-5-4-12(16)7-14(13)17)10-2-3-11-8-18-19-15(11)6-10/h2-9H,1H3,(H,18,19)/t9-/m1/s1. The predicted octanol–water partition coefficient (Wildman–Crippen LogP) is 5.02. The van der Waals surface area contributed by atoms with Crippen molar-refractivity contribution in [3.05, 3.63) is 63.8 Å². The number of rotatable bonds is 2. The van der Waals surface area contributed by atoms with Crippen molar-refractivity contribution < 1.29 is 0 Å². The average molecular weight is 291 g/mol. The third kappa shape index (κ3) is 2.34. The molecular weight excluding hydrogens is 279 g/mol. The molecule has 1 aromatic heterocycles. The molecule has 1 heterocycles. The zero-order valence-corrected chi connectivity index (χ0v) is 11.8. The molecule has 96 valence electrons. The van der Waals surface area contributed by atoms with Crippen molar-refractivity contribution in [2.24, 2.45) is 0 Å². The lowest BCUT2D eigenvalue weighted by Gasteiger charge is -2.14. The van der Waals surface area contributed by atoms with Gasteiger partial charge in [-0.05, 0) is 29.3 Å². The summed E-state index contributed by atoms with van der Waals surface area (Å²) in [6.45, 7) is 2.13. The molecule has 0 aliphatic heterocycles. The first-order valence-corrected chi connectivity index (χ1v) is 6.79. The third-order valence-electron chi connectivity index (χ3n) is 3.39. The van der Waals surface area contributed by atoms with E-state index in [1.165, 1.54) is 5.56 Å². The van der Waals surface area contributed by atoms with Crippen LogP contribution in [0.4, 0.5) is 0 Å². The Hall–Kier alpha value is -1.51. The van der Waals surface area contributed by atoms with Crippen LogP contribution in [0.15, 0.2) is 42.6 Å². The number of halogens is 2. The highest BCUT2D eigenvalue weighted by Crippen LogP contribution is 2.32. The van der Waals surface area contributed by atoms with Crippen molar-refractivity contribution >= 4 is 34.1 Å². The van der Waals surface area contributed by atoms with Crippen LogP contribution in [0.1, 0.15) is 24.0 Å². The largest absolute Gasteiger partial charge is 0.278 e. The number of benzene rings is 2. The molecule has 2 nitrogen and oxygen atoms in total. The molecule has 3 aromatic rings. The summed E-state index contributed by atoms with van der Waals surface area (Å²) in [6.07, 6.45) is 1.82. The molecule has 0 radical (unpaired) electrons. The molecular formula is C15H12Cl2N2. The molecule has 4 heteroatoms. The van der Waals surface area contributed by atoms with E-state index in [0.717, 1.165) is 16.5 Å². The second kappa shape index (κ2) is 4.87. The predicted molar refractivity (Wildman–Crippen MR) is 80.1 cm³/mol. The van der Waals surface area contributed by atoms with E-state index in [0.29, 0.717) is 10.0 Å². The fraction of sp³-hybridized carbons (Fsp3) is 0.133. The Labute approximate surface area is 121 Å². The van der Waals surface area contributed by atoms with Crippen LogP contribution in [-0.2, 0) is 0 Å². The van der Waals surface area contributed by atoms with Crippen LogP contribution in [-0.4, -0.2) is 10.2 Å². The number of hydrogen-bond donors (Lipinski definition) is 1. The van der Waals surface area contributed by atoms with Crippen molar-refractivity contribution in [1.29, 1.82) is 0 Å². The van der Waals surface area contributed by atoms with Gasteiger partial charge in [0.25, 0.3) is 0 Å². The molecule has 0 aliphatic carbocycles. The molecule has 0 saturated heterocycles. The molecule has 0 fully saturated rings. The van der Waals surface area contributed by atoms with Gasteiger partial charge in [0.1, 0.15) is 0 Å². The molecule has 0 saturated carbocycles. The summed E-state index contributed by atoms with van der Waals surface area (Å²) in [5.41, 5.74) is 3.31. The van der Waals surface area contributed by atoms with Gasteiger partial charge in [0, 0.05) is 21.3 Å². The van der Waals surface area contributed by atoms with Crippen molar-refractivity contribution in [1.82, 2.24) is 10.2 Å². The summed E-state index contributed by atoms with van der Waals surface area (Å²) >= 11 is 12.2. The minimum Gasteiger partial charge on any atom is -0.278 e. The summed E-state index contributed by atoms with van der Waals surface area (Å²) < 4.78 is 0. The summed E-state index contributed by atoms with van der Waals surface area (Å²) in [5, 5.41) is 9.49. The highest BCUT2D eigenvalue weighted by Gasteiger charge is 2.13. The number of nitrogens with one attached hydrogen (secondary N) is 1. The van der Waals surface area contributed by atoms with Crippen LogP contribution in [0.3, 0.4) is 0 Å². The molecule has 2 aromatic carbocycles. The van der Waals surface area contributed by atoms with Crippen molar-refractivity contribution in [3.63, 3.8) is 0 Å². The SMILES string of the molecule is C[C@H](c1ccc2cn[nH]c2c1)c1ccc(Cl)cc1Cl. The Bertz CT molecular complexity index is 734. The molecule has 1 atom stereocenters. The number of aromatic amines is 1. The highest BCUT2D eigenvalue weighted by atomic mass is 35.5. The highest BCUT2D eigenvalue weighted by molar-refractivity contribution is 6.35. The smallest absolute Gasteiger partial charge is 0.0653 e. The third-order valence-corrected chi connectivity index (χ3v) is 3.96. The number of hydrogen-bond acceptors (Lipinski definition) is 1. The van der Waals surface area contributed by atoms with Crippen LogP contribution in [0.2, 0.25) is 10.0 Å². The first-order valence-electron chi connectivity index (χ1n) is 6.03. The van der Waals surface area contributed by atoms with Crippen LogP contribution in [0, 0.1) is 0 Å². The lowest BCUT2D eigenvalue weighted by atomic mass is 9.92. The van der Waals surface area contributed by atoms with Crippen molar-refractivity contribution in [2.75, 3.05) is 0 Å². The summed E-state index contributed by atoms with van der Waals surface area (Å²) in [6, 6.07) is 11.9. The molecule has 0 unspecified atom stereocenters. The maximum absolute atomic E-state index is 6.27. The Morgan fingerprint density at radius 1 is 1.11 bits per heavy atom. The van der Waals surface area contributed by atoms with Crippen LogP contribution < -0.4 is 0 Å². The maximum Gasteiger partial charge on any atom is 0.0653 e. The molecule has 0 amide bonds. The minimum atomic E-state index is 0.206. The van der Waals surface area contributed by atoms with Gasteiger partial charge in [-0.15, -0.1) is 0 Å². The Morgan fingerprint density at radius 2 is 1.95 bits per heavy atom. The van der Waals surface area contributed by atoms with E-state index in [2.05, 4.69) is 35.3 Å². The molecule has 0 bridgehead atoms. The number of H-pyrrole nitrogens is 1. The summed E-state index contributed by atoms with van der Waals surface area (Å²) in [7, 11) is 0. The van der Waals surface area contributed by atoms with E-state index in [4.69, 9.17) is 23.2 Å². The summed E-state index contributed by atoms with van der Waals surface area (Å²) in [4.78, 5) is 0. The number of aromatic nitrogens is 2. The van der Waals surface area contributed by atoms with Gasteiger partial charge < -0.3 is 0 Å². The fourth-order valence-electron chi connectivity index (χ4n) is 2.26. The van der Waals surface area contributed by atoms with E-state index < -0.39 is 0 Å². The van der Waals surface area contributed by atoms with E-state index in [9.17, 15) is 0 Å². The Morgan fingerprint density at radius 3 is 2.74 bits per heavy atom. The molecule has 3 rings (SSSR count). The van der Waals surface area contributed by atoms with Gasteiger partial charge in [-0.2, -0.15) is 5.10 Å². The lowest BCUT2D eigenvalue weighted by molar-refractivity contribution is 0.924. The molecule has 19 heavy (non-hydrogen) atoms. The van der Waals surface area contributed by atoms with E-state index in [1.54, 1.807) is 6.07 Å². The first kappa shape index (κ1) is 12.5. The number of nitrogens with zero attached hydrogens (tertiary/aromatic N) is 1. The van der Waals surface area contributed by atoms with E-state index >= 15 is 0 Å².